The number of nitrogens with one attached hydrogen (secondary N) is 1. The molecule has 0 aliphatic heterocycles. The summed E-state index contributed by atoms with van der Waals surface area (Å²) in [5.41, 5.74) is 1.11. The Labute approximate surface area is 184 Å². The van der Waals surface area contributed by atoms with Gasteiger partial charge < -0.3 is 4.90 Å². The van der Waals surface area contributed by atoms with Crippen LogP contribution in [0.5, 0.6) is 0 Å². The molecule has 0 radical (unpaired) electrons. The van der Waals surface area contributed by atoms with Crippen LogP contribution in [0.25, 0.3) is 11.0 Å². The molecule has 4 rings (SSSR count). The second kappa shape index (κ2) is 8.30. The maximum atomic E-state index is 13.4. The van der Waals surface area contributed by atoms with Crippen molar-refractivity contribution in [2.75, 3.05) is 7.05 Å². The quantitative estimate of drug-likeness (QED) is 0.635. The third-order valence-corrected chi connectivity index (χ3v) is 5.63. The summed E-state index contributed by atoms with van der Waals surface area (Å²) in [6, 6.07) is 9.02. The molecule has 1 saturated carbocycles. The van der Waals surface area contributed by atoms with E-state index in [-0.39, 0.29) is 34.3 Å². The molecular weight excluding hydrogens is 416 g/mol. The zero-order chi connectivity index (χ0) is 22.3. The number of aromatic amines is 1. The summed E-state index contributed by atoms with van der Waals surface area (Å²) in [7, 11) is 1.69. The summed E-state index contributed by atoms with van der Waals surface area (Å²) in [5.74, 6) is 0.133. The fraction of sp³-hybridized carbons (Fsp3) is 0.391. The van der Waals surface area contributed by atoms with Gasteiger partial charge in [0.05, 0.1) is 10.9 Å². The Morgan fingerprint density at radius 2 is 2.03 bits per heavy atom. The highest BCUT2D eigenvalue weighted by molar-refractivity contribution is 6.30. The molecule has 1 aliphatic carbocycles. The van der Waals surface area contributed by atoms with Gasteiger partial charge in [-0.25, -0.2) is 9.78 Å². The lowest BCUT2D eigenvalue weighted by Gasteiger charge is -2.20. The number of H-pyrrole nitrogens is 1. The van der Waals surface area contributed by atoms with Gasteiger partial charge in [0.2, 0.25) is 0 Å². The van der Waals surface area contributed by atoms with Crippen LogP contribution in [0.2, 0.25) is 5.02 Å². The van der Waals surface area contributed by atoms with Crippen molar-refractivity contribution in [2.45, 2.75) is 45.7 Å². The van der Waals surface area contributed by atoms with Crippen LogP contribution in [0, 0.1) is 5.92 Å². The Bertz CT molecular complexity index is 1270. The van der Waals surface area contributed by atoms with Gasteiger partial charge in [-0.2, -0.15) is 0 Å². The molecule has 0 unspecified atom stereocenters. The Morgan fingerprint density at radius 3 is 2.68 bits per heavy atom. The molecule has 31 heavy (non-hydrogen) atoms. The summed E-state index contributed by atoms with van der Waals surface area (Å²) < 4.78 is 1.47. The van der Waals surface area contributed by atoms with Crippen molar-refractivity contribution < 1.29 is 4.79 Å². The maximum absolute atomic E-state index is 13.4. The number of amides is 1. The number of nitrogens with zero attached hydrogens (tertiary/aromatic N) is 3. The van der Waals surface area contributed by atoms with E-state index in [0.717, 1.165) is 24.1 Å². The standard InChI is InChI=1S/C23H25ClN4O3/c1-13(2)11-28-20-19(21(29)26-23(28)31)17(10-18(25-20)15-7-8-15)22(30)27(3)12-14-5-4-6-16(24)9-14/h4-6,9-10,13,15H,7-8,11-12H2,1-3H3,(H,26,29,31). The first kappa shape index (κ1) is 21.3. The fourth-order valence-corrected chi connectivity index (χ4v) is 3.98. The summed E-state index contributed by atoms with van der Waals surface area (Å²) in [4.78, 5) is 47.3. The number of rotatable bonds is 6. The number of fused-ring (bicyclic) bond motifs is 1. The molecule has 1 fully saturated rings. The number of carbonyl (C=O) groups is 1. The highest BCUT2D eigenvalue weighted by Gasteiger charge is 2.29. The van der Waals surface area contributed by atoms with Gasteiger partial charge in [0, 0.05) is 36.8 Å². The Balaban J connectivity index is 1.85. The minimum Gasteiger partial charge on any atom is -0.337 e. The molecule has 1 aromatic carbocycles. The van der Waals surface area contributed by atoms with E-state index in [4.69, 9.17) is 11.6 Å². The molecule has 0 saturated heterocycles. The Kier molecular flexibility index (Phi) is 5.71. The van der Waals surface area contributed by atoms with Crippen molar-refractivity contribution in [3.63, 3.8) is 0 Å². The SMILES string of the molecule is CC(C)Cn1c(=O)[nH]c(=O)c2c(C(=O)N(C)Cc3cccc(Cl)c3)cc(C3CC3)nc21. The first-order valence-corrected chi connectivity index (χ1v) is 10.8. The van der Waals surface area contributed by atoms with Crippen LogP contribution in [0.4, 0.5) is 0 Å². The van der Waals surface area contributed by atoms with Crippen molar-refractivity contribution in [2.24, 2.45) is 5.92 Å². The molecule has 2 heterocycles. The van der Waals surface area contributed by atoms with Crippen LogP contribution in [0.1, 0.15) is 54.2 Å². The lowest BCUT2D eigenvalue weighted by Crippen LogP contribution is -2.34. The van der Waals surface area contributed by atoms with Crippen LogP contribution >= 0.6 is 11.6 Å². The summed E-state index contributed by atoms with van der Waals surface area (Å²) in [6.07, 6.45) is 1.98. The molecule has 2 aromatic heterocycles. The van der Waals surface area contributed by atoms with Crippen LogP contribution in [0.15, 0.2) is 39.9 Å². The number of hydrogen-bond donors (Lipinski definition) is 1. The predicted octanol–water partition coefficient (Wildman–Crippen LogP) is 3.54. The largest absolute Gasteiger partial charge is 0.337 e. The van der Waals surface area contributed by atoms with Gasteiger partial charge in [-0.15, -0.1) is 0 Å². The lowest BCUT2D eigenvalue weighted by molar-refractivity contribution is 0.0786. The topological polar surface area (TPSA) is 88.1 Å². The number of pyridine rings is 1. The van der Waals surface area contributed by atoms with Crippen molar-refractivity contribution >= 4 is 28.5 Å². The molecule has 1 amide bonds. The molecule has 162 valence electrons. The van der Waals surface area contributed by atoms with Gasteiger partial charge in [0.15, 0.2) is 5.65 Å². The van der Waals surface area contributed by atoms with E-state index in [1.807, 2.05) is 26.0 Å². The number of hydrogen-bond acceptors (Lipinski definition) is 4. The van der Waals surface area contributed by atoms with Crippen molar-refractivity contribution in [1.82, 2.24) is 19.4 Å². The van der Waals surface area contributed by atoms with Gasteiger partial charge >= 0.3 is 5.69 Å². The predicted molar refractivity (Wildman–Crippen MR) is 121 cm³/mol. The second-order valence-electron chi connectivity index (χ2n) is 8.62. The molecule has 3 aromatic rings. The summed E-state index contributed by atoms with van der Waals surface area (Å²) in [6.45, 7) is 4.71. The van der Waals surface area contributed by atoms with E-state index < -0.39 is 11.2 Å². The van der Waals surface area contributed by atoms with E-state index in [1.165, 1.54) is 4.57 Å². The lowest BCUT2D eigenvalue weighted by atomic mass is 10.1. The first-order valence-electron chi connectivity index (χ1n) is 10.4. The van der Waals surface area contributed by atoms with Gasteiger partial charge in [-0.3, -0.25) is 19.1 Å². The monoisotopic (exact) mass is 440 g/mol. The average Bonchev–Trinajstić information content (AvgIpc) is 3.54. The van der Waals surface area contributed by atoms with Crippen LogP contribution in [0.3, 0.4) is 0 Å². The third kappa shape index (κ3) is 4.42. The van der Waals surface area contributed by atoms with Crippen molar-refractivity contribution in [3.8, 4) is 0 Å². The minimum absolute atomic E-state index is 0.160. The Hall–Kier alpha value is -2.93. The third-order valence-electron chi connectivity index (χ3n) is 5.40. The van der Waals surface area contributed by atoms with Gasteiger partial charge in [0.1, 0.15) is 0 Å². The van der Waals surface area contributed by atoms with E-state index in [1.54, 1.807) is 30.1 Å². The molecular formula is C23H25ClN4O3. The van der Waals surface area contributed by atoms with Crippen molar-refractivity contribution in [1.29, 1.82) is 0 Å². The van der Waals surface area contributed by atoms with Gasteiger partial charge in [-0.1, -0.05) is 37.6 Å². The molecule has 8 heteroatoms. The van der Waals surface area contributed by atoms with Crippen LogP contribution in [-0.4, -0.2) is 32.4 Å². The second-order valence-corrected chi connectivity index (χ2v) is 9.06. The average molecular weight is 441 g/mol. The van der Waals surface area contributed by atoms with Gasteiger partial charge in [0.25, 0.3) is 11.5 Å². The maximum Gasteiger partial charge on any atom is 0.330 e. The number of halogens is 1. The van der Waals surface area contributed by atoms with Crippen LogP contribution < -0.4 is 11.2 Å². The molecule has 0 bridgehead atoms. The highest BCUT2D eigenvalue weighted by atomic mass is 35.5. The summed E-state index contributed by atoms with van der Waals surface area (Å²) in [5, 5.41) is 0.755. The summed E-state index contributed by atoms with van der Waals surface area (Å²) >= 11 is 6.07. The van der Waals surface area contributed by atoms with Gasteiger partial charge in [-0.05, 0) is 42.5 Å². The number of carbonyl (C=O) groups excluding carboxylic acids is 1. The van der Waals surface area contributed by atoms with E-state index in [0.29, 0.717) is 18.1 Å². The molecule has 7 nitrogen and oxygen atoms in total. The number of benzene rings is 1. The Morgan fingerprint density at radius 1 is 1.29 bits per heavy atom. The molecule has 1 aliphatic rings. The van der Waals surface area contributed by atoms with E-state index in [2.05, 4.69) is 9.97 Å². The van der Waals surface area contributed by atoms with Crippen LogP contribution in [-0.2, 0) is 13.1 Å². The normalized spacial score (nSPS) is 13.7. The highest BCUT2D eigenvalue weighted by Crippen LogP contribution is 2.40. The number of aromatic nitrogens is 3. The fourth-order valence-electron chi connectivity index (χ4n) is 3.77. The zero-order valence-electron chi connectivity index (χ0n) is 17.8. The smallest absolute Gasteiger partial charge is 0.330 e. The first-order chi connectivity index (χ1) is 14.7. The van der Waals surface area contributed by atoms with Crippen molar-refractivity contribution in [3.05, 3.63) is 73.0 Å². The molecule has 0 atom stereocenters. The van der Waals surface area contributed by atoms with E-state index in [9.17, 15) is 14.4 Å². The zero-order valence-corrected chi connectivity index (χ0v) is 18.6. The molecule has 0 spiro atoms. The van der Waals surface area contributed by atoms with E-state index >= 15 is 0 Å². The minimum atomic E-state index is -0.589. The molecule has 1 N–H and O–H groups in total.